The van der Waals surface area contributed by atoms with Crippen molar-refractivity contribution in [1.82, 2.24) is 19.9 Å². The molecule has 3 aromatic carbocycles. The minimum Gasteiger partial charge on any atom is -0.368 e. The summed E-state index contributed by atoms with van der Waals surface area (Å²) >= 11 is 0. The van der Waals surface area contributed by atoms with E-state index in [0.717, 1.165) is 46.7 Å². The lowest BCUT2D eigenvalue weighted by Gasteiger charge is -2.37. The van der Waals surface area contributed by atoms with Crippen molar-refractivity contribution < 1.29 is 4.79 Å². The third-order valence-electron chi connectivity index (χ3n) is 7.02. The Hall–Kier alpha value is -4.66. The number of hydrogen-bond donors (Lipinski definition) is 3. The van der Waals surface area contributed by atoms with E-state index < -0.39 is 6.04 Å². The van der Waals surface area contributed by atoms with Crippen molar-refractivity contribution in [3.63, 3.8) is 0 Å². The van der Waals surface area contributed by atoms with Gasteiger partial charge in [0.05, 0.1) is 0 Å². The molecule has 1 aliphatic rings. The maximum atomic E-state index is 13.4. The van der Waals surface area contributed by atoms with Crippen LogP contribution in [0, 0.1) is 27.7 Å². The Balaban J connectivity index is 1.33. The number of para-hydroxylation sites is 1. The molecule has 41 heavy (non-hydrogen) atoms. The Bertz CT molecular complexity index is 1400. The Morgan fingerprint density at radius 2 is 1.15 bits per heavy atom. The van der Waals surface area contributed by atoms with E-state index in [0.29, 0.717) is 30.9 Å². The highest BCUT2D eigenvalue weighted by Gasteiger charge is 2.26. The van der Waals surface area contributed by atoms with E-state index in [2.05, 4.69) is 87.8 Å². The van der Waals surface area contributed by atoms with Gasteiger partial charge < -0.3 is 25.8 Å². The van der Waals surface area contributed by atoms with Gasteiger partial charge in [0.25, 0.3) is 0 Å². The third kappa shape index (κ3) is 7.30. The average Bonchev–Trinajstić information content (AvgIpc) is 2.92. The highest BCUT2D eigenvalue weighted by Crippen LogP contribution is 2.23. The van der Waals surface area contributed by atoms with Crippen LogP contribution in [-0.4, -0.2) is 58.0 Å². The molecule has 1 aromatic heterocycles. The van der Waals surface area contributed by atoms with Gasteiger partial charge in [-0.1, -0.05) is 30.3 Å². The smallest absolute Gasteiger partial charge is 0.244 e. The molecule has 0 bridgehead atoms. The molecule has 9 nitrogen and oxygen atoms in total. The van der Waals surface area contributed by atoms with E-state index in [4.69, 9.17) is 0 Å². The fourth-order valence-corrected chi connectivity index (χ4v) is 5.26. The van der Waals surface area contributed by atoms with Gasteiger partial charge in [0.1, 0.15) is 6.04 Å². The van der Waals surface area contributed by atoms with Crippen LogP contribution in [0.3, 0.4) is 0 Å². The van der Waals surface area contributed by atoms with Crippen LogP contribution in [0.4, 0.5) is 34.9 Å². The zero-order valence-electron chi connectivity index (χ0n) is 24.4. The molecule has 1 unspecified atom stereocenters. The van der Waals surface area contributed by atoms with Gasteiger partial charge in [0.15, 0.2) is 0 Å². The number of aromatic nitrogens is 3. The maximum absolute atomic E-state index is 13.4. The number of aryl methyl sites for hydroxylation is 4. The molecule has 0 spiro atoms. The first-order chi connectivity index (χ1) is 19.7. The highest BCUT2D eigenvalue weighted by molar-refractivity contribution is 5.84. The predicted octanol–water partition coefficient (Wildman–Crippen LogP) is 5.74. The van der Waals surface area contributed by atoms with Crippen molar-refractivity contribution >= 4 is 40.8 Å². The average molecular weight is 551 g/mol. The zero-order valence-corrected chi connectivity index (χ0v) is 24.4. The summed E-state index contributed by atoms with van der Waals surface area (Å²) < 4.78 is 0. The second-order valence-corrected chi connectivity index (χ2v) is 10.8. The summed E-state index contributed by atoms with van der Waals surface area (Å²) in [6.07, 6.45) is 0. The van der Waals surface area contributed by atoms with Gasteiger partial charge in [-0.3, -0.25) is 4.79 Å². The molecule has 212 valence electrons. The molecular weight excluding hydrogens is 512 g/mol. The van der Waals surface area contributed by atoms with Gasteiger partial charge in [-0.05, 0) is 93.3 Å². The largest absolute Gasteiger partial charge is 0.368 e. The van der Waals surface area contributed by atoms with E-state index in [9.17, 15) is 4.79 Å². The molecule has 5 rings (SSSR count). The number of carbonyl (C=O) groups is 1. The molecule has 1 amide bonds. The summed E-state index contributed by atoms with van der Waals surface area (Å²) in [7, 11) is 0. The molecule has 1 atom stereocenters. The molecule has 4 aromatic rings. The normalized spacial score (nSPS) is 14.0. The Morgan fingerprint density at radius 1 is 0.683 bits per heavy atom. The van der Waals surface area contributed by atoms with E-state index in [1.54, 1.807) is 0 Å². The Kier molecular flexibility index (Phi) is 8.33. The summed E-state index contributed by atoms with van der Waals surface area (Å²) in [6.45, 7) is 13.0. The van der Waals surface area contributed by atoms with Gasteiger partial charge in [0, 0.05) is 43.2 Å². The lowest BCUT2D eigenvalue weighted by molar-refractivity contribution is -0.131. The van der Waals surface area contributed by atoms with E-state index in [-0.39, 0.29) is 5.91 Å². The molecule has 9 heteroatoms. The van der Waals surface area contributed by atoms with Crippen molar-refractivity contribution in [2.24, 2.45) is 0 Å². The number of amides is 1. The number of nitrogens with zero attached hydrogens (tertiary/aromatic N) is 5. The second-order valence-electron chi connectivity index (χ2n) is 10.8. The molecule has 1 aliphatic heterocycles. The van der Waals surface area contributed by atoms with Crippen LogP contribution in [0.5, 0.6) is 0 Å². The van der Waals surface area contributed by atoms with Crippen molar-refractivity contribution in [1.29, 1.82) is 0 Å². The lowest BCUT2D eigenvalue weighted by atomic mass is 10.1. The van der Waals surface area contributed by atoms with Crippen LogP contribution >= 0.6 is 0 Å². The van der Waals surface area contributed by atoms with Gasteiger partial charge in [-0.25, -0.2) is 0 Å². The quantitative estimate of drug-likeness (QED) is 0.255. The molecule has 0 saturated carbocycles. The minimum absolute atomic E-state index is 0.0192. The van der Waals surface area contributed by atoms with Crippen molar-refractivity contribution in [3.05, 3.63) is 89.0 Å². The monoisotopic (exact) mass is 550 g/mol. The first kappa shape index (κ1) is 27.9. The lowest BCUT2D eigenvalue weighted by Crippen LogP contribution is -2.52. The molecule has 0 aliphatic carbocycles. The third-order valence-corrected chi connectivity index (χ3v) is 7.02. The van der Waals surface area contributed by atoms with Crippen molar-refractivity contribution in [3.8, 4) is 0 Å². The topological polar surface area (TPSA) is 98.3 Å². The molecular formula is C32H38N8O. The van der Waals surface area contributed by atoms with Gasteiger partial charge in [-0.15, -0.1) is 0 Å². The molecule has 3 N–H and O–H groups in total. The number of rotatable bonds is 8. The molecule has 2 heterocycles. The fraction of sp³-hybridized carbons (Fsp3) is 0.312. The van der Waals surface area contributed by atoms with Crippen LogP contribution in [0.1, 0.15) is 29.2 Å². The minimum atomic E-state index is -0.510. The summed E-state index contributed by atoms with van der Waals surface area (Å²) in [5.74, 6) is 1.11. The number of piperazine rings is 1. The van der Waals surface area contributed by atoms with E-state index in [1.807, 2.05) is 54.3 Å². The zero-order chi connectivity index (χ0) is 28.9. The van der Waals surface area contributed by atoms with Gasteiger partial charge >= 0.3 is 0 Å². The van der Waals surface area contributed by atoms with Crippen LogP contribution in [0.15, 0.2) is 66.7 Å². The molecule has 0 radical (unpaired) electrons. The summed E-state index contributed by atoms with van der Waals surface area (Å²) in [5, 5.41) is 9.87. The van der Waals surface area contributed by atoms with Crippen LogP contribution in [0.2, 0.25) is 0 Å². The second kappa shape index (κ2) is 12.2. The molecule has 1 saturated heterocycles. The Labute approximate surface area is 242 Å². The van der Waals surface area contributed by atoms with Gasteiger partial charge in [0.2, 0.25) is 23.8 Å². The highest BCUT2D eigenvalue weighted by atomic mass is 16.2. The van der Waals surface area contributed by atoms with Crippen LogP contribution in [0.25, 0.3) is 0 Å². The standard InChI is InChI=1S/C32H38N8O/c1-21-15-22(2)18-26(17-21)34-31-36-30(37-32(38-31)35-27-19-23(3)16-24(4)20-27)33-25(5)29(41)40-13-11-39(12-14-40)28-9-7-6-8-10-28/h6-10,15-20,25H,11-14H2,1-5H3,(H3,33,34,35,36,37,38). The van der Waals surface area contributed by atoms with E-state index >= 15 is 0 Å². The van der Waals surface area contributed by atoms with Crippen molar-refractivity contribution in [2.75, 3.05) is 47.0 Å². The number of anilines is 6. The maximum Gasteiger partial charge on any atom is 0.244 e. The predicted molar refractivity (Wildman–Crippen MR) is 167 cm³/mol. The van der Waals surface area contributed by atoms with Crippen LogP contribution < -0.4 is 20.9 Å². The van der Waals surface area contributed by atoms with Crippen LogP contribution in [-0.2, 0) is 4.79 Å². The number of hydrogen-bond acceptors (Lipinski definition) is 8. The van der Waals surface area contributed by atoms with Crippen molar-refractivity contribution in [2.45, 2.75) is 40.7 Å². The van der Waals surface area contributed by atoms with E-state index in [1.165, 1.54) is 5.69 Å². The van der Waals surface area contributed by atoms with Gasteiger partial charge in [-0.2, -0.15) is 15.0 Å². The summed E-state index contributed by atoms with van der Waals surface area (Å²) in [6, 6.07) is 22.2. The fourth-order valence-electron chi connectivity index (χ4n) is 5.26. The Morgan fingerprint density at radius 3 is 1.63 bits per heavy atom. The number of nitrogens with one attached hydrogen (secondary N) is 3. The summed E-state index contributed by atoms with van der Waals surface area (Å²) in [5.41, 5.74) is 7.51. The first-order valence-corrected chi connectivity index (χ1v) is 14.0. The molecule has 1 fully saturated rings. The first-order valence-electron chi connectivity index (χ1n) is 14.0. The number of carbonyl (C=O) groups excluding carboxylic acids is 1. The number of benzene rings is 3. The summed E-state index contributed by atoms with van der Waals surface area (Å²) in [4.78, 5) is 31.5. The SMILES string of the molecule is Cc1cc(C)cc(Nc2nc(Nc3cc(C)cc(C)c3)nc(NC(C)C(=O)N3CCN(c4ccccc4)CC3)n2)c1.